The molecule has 0 rings (SSSR count). The smallest absolute Gasteiger partial charge is 0.306 e. The minimum Gasteiger partial charge on any atom is -0.306 e. The zero-order chi connectivity index (χ0) is 14.7. The summed E-state index contributed by atoms with van der Waals surface area (Å²) in [6.07, 6.45) is -1.19. The summed E-state index contributed by atoms with van der Waals surface area (Å²) >= 11 is 34.2. The van der Waals surface area contributed by atoms with E-state index in [4.69, 9.17) is 83.2 Å². The molecule has 10 heteroatoms. The molecule has 0 saturated carbocycles. The second-order valence-corrected chi connectivity index (χ2v) is 6.26. The summed E-state index contributed by atoms with van der Waals surface area (Å²) in [7, 11) is -1.72. The summed E-state index contributed by atoms with van der Waals surface area (Å²) in [5.74, 6) is 1.30. The van der Waals surface area contributed by atoms with Crippen molar-refractivity contribution < 1.29 is 13.6 Å². The molecule has 0 amide bonds. The van der Waals surface area contributed by atoms with Gasteiger partial charge in [0.25, 0.3) is 0 Å². The van der Waals surface area contributed by atoms with Crippen LogP contribution in [0.5, 0.6) is 0 Å². The maximum Gasteiger partial charge on any atom is 0.333 e. The fourth-order valence-electron chi connectivity index (χ4n) is 0.732. The van der Waals surface area contributed by atoms with E-state index in [9.17, 15) is 0 Å². The molecule has 19 heavy (non-hydrogen) atoms. The fraction of sp³-hybridized carbons (Fsp3) is 1.00. The van der Waals surface area contributed by atoms with E-state index in [0.29, 0.717) is 0 Å². The summed E-state index contributed by atoms with van der Waals surface area (Å²) in [6.45, 7) is 0. The van der Waals surface area contributed by atoms with Crippen molar-refractivity contribution in [3.8, 4) is 0 Å². The Labute approximate surface area is 145 Å². The largest absolute Gasteiger partial charge is 0.333 e. The van der Waals surface area contributed by atoms with Crippen molar-refractivity contribution in [1.82, 2.24) is 0 Å². The van der Waals surface area contributed by atoms with Crippen LogP contribution in [0.15, 0.2) is 0 Å². The molecular weight excluding hydrogens is 400 g/mol. The Hall–Kier alpha value is 2.05. The molecule has 0 radical (unpaired) electrons. The molecule has 0 N–H and O–H groups in total. The van der Waals surface area contributed by atoms with Crippen LogP contribution in [0.25, 0.3) is 0 Å². The van der Waals surface area contributed by atoms with E-state index in [0.717, 1.165) is 0 Å². The molecule has 0 heterocycles. The average molecular weight is 415 g/mol. The lowest BCUT2D eigenvalue weighted by Crippen LogP contribution is -2.23. The first kappa shape index (κ1) is 21.0. The van der Waals surface area contributed by atoms with Crippen molar-refractivity contribution in [2.75, 3.05) is 35.3 Å². The molecule has 0 spiro atoms. The number of alkyl halides is 6. The Bertz CT molecular complexity index is 171. The highest BCUT2D eigenvalue weighted by molar-refractivity contribution is 7.41. The molecule has 0 atom stereocenters. The molecule has 0 fully saturated rings. The highest BCUT2D eigenvalue weighted by atomic mass is 35.5. The molecule has 0 aromatic heterocycles. The van der Waals surface area contributed by atoms with Gasteiger partial charge in [-0.2, -0.15) is 0 Å². The number of hydrogen-bond acceptors (Lipinski definition) is 3. The first-order valence-electron chi connectivity index (χ1n) is 5.31. The molecule has 3 nitrogen and oxygen atoms in total. The summed E-state index contributed by atoms with van der Waals surface area (Å²) in [5.41, 5.74) is 0. The van der Waals surface area contributed by atoms with E-state index in [2.05, 4.69) is 0 Å². The molecule has 0 unspecified atom stereocenters. The van der Waals surface area contributed by atoms with E-state index in [-0.39, 0.29) is 35.3 Å². The molecule has 0 aromatic rings. The van der Waals surface area contributed by atoms with Crippen LogP contribution in [0.2, 0.25) is 0 Å². The summed E-state index contributed by atoms with van der Waals surface area (Å²) < 4.78 is 16.6. The Morgan fingerprint density at radius 1 is 0.526 bits per heavy atom. The first-order valence-corrected chi connectivity index (χ1v) is 9.61. The van der Waals surface area contributed by atoms with Gasteiger partial charge in [-0.15, -0.1) is 69.6 Å². The lowest BCUT2D eigenvalue weighted by atomic mass is 10.5. The van der Waals surface area contributed by atoms with Crippen LogP contribution in [0.4, 0.5) is 0 Å². The first-order chi connectivity index (χ1) is 9.14. The number of halogens is 6. The van der Waals surface area contributed by atoms with Crippen molar-refractivity contribution in [2.24, 2.45) is 0 Å². The third kappa shape index (κ3) is 9.63. The molecule has 0 bridgehead atoms. The van der Waals surface area contributed by atoms with Gasteiger partial charge in [0.1, 0.15) is 0 Å². The minimum atomic E-state index is -1.72. The predicted octanol–water partition coefficient (Wildman–Crippen LogP) is 4.80. The van der Waals surface area contributed by atoms with Gasteiger partial charge in [0.05, 0.1) is 53.6 Å². The fourth-order valence-corrected chi connectivity index (χ4v) is 3.95. The van der Waals surface area contributed by atoms with E-state index in [1.54, 1.807) is 0 Å². The molecule has 116 valence electrons. The molecule has 0 aliphatic rings. The lowest BCUT2D eigenvalue weighted by Gasteiger charge is -2.26. The Morgan fingerprint density at radius 3 is 0.895 bits per heavy atom. The third-order valence-electron chi connectivity index (χ3n) is 1.74. The molecule has 0 aliphatic heterocycles. The van der Waals surface area contributed by atoms with Crippen LogP contribution < -0.4 is 0 Å². The summed E-state index contributed by atoms with van der Waals surface area (Å²) in [5, 5.41) is 0. The number of rotatable bonds is 12. The maximum atomic E-state index is 5.71. The molecular formula is C9H15Cl6O3P. The second-order valence-electron chi connectivity index (χ2n) is 3.33. The van der Waals surface area contributed by atoms with Gasteiger partial charge in [0, 0.05) is 0 Å². The van der Waals surface area contributed by atoms with Gasteiger partial charge in [0.15, 0.2) is 0 Å². The van der Waals surface area contributed by atoms with Crippen molar-refractivity contribution in [3.05, 3.63) is 0 Å². The van der Waals surface area contributed by atoms with Crippen LogP contribution >= 0.6 is 78.2 Å². The normalized spacial score (nSPS) is 12.3. The van der Waals surface area contributed by atoms with Crippen LogP contribution in [-0.2, 0) is 13.6 Å². The second kappa shape index (κ2) is 13.7. The maximum absolute atomic E-state index is 5.71. The van der Waals surface area contributed by atoms with E-state index in [1.807, 2.05) is 0 Å². The van der Waals surface area contributed by atoms with Crippen LogP contribution in [-0.4, -0.2) is 53.6 Å². The SMILES string of the molecule is ClCC(CCl)OP(OC(CCl)CCl)OC(CCl)CCl. The standard InChI is InChI=1S/C9H15Cl6O3P/c10-1-7(2-11)16-19(17-8(3-12)4-13)18-9(5-14)6-15/h7-9H,1-6H2. The van der Waals surface area contributed by atoms with Crippen LogP contribution in [0, 0.1) is 0 Å². The highest BCUT2D eigenvalue weighted by Crippen LogP contribution is 2.44. The number of hydrogen-bond donors (Lipinski definition) is 0. The van der Waals surface area contributed by atoms with Crippen LogP contribution in [0.3, 0.4) is 0 Å². The van der Waals surface area contributed by atoms with Gasteiger partial charge >= 0.3 is 8.60 Å². The van der Waals surface area contributed by atoms with E-state index in [1.165, 1.54) is 0 Å². The van der Waals surface area contributed by atoms with Gasteiger partial charge in [-0.25, -0.2) is 0 Å². The average Bonchev–Trinajstić information content (AvgIpc) is 2.46. The summed E-state index contributed by atoms with van der Waals surface area (Å²) in [4.78, 5) is 0. The van der Waals surface area contributed by atoms with Gasteiger partial charge < -0.3 is 13.6 Å². The predicted molar refractivity (Wildman–Crippen MR) is 85.9 cm³/mol. The minimum absolute atomic E-state index is 0.216. The Balaban J connectivity index is 4.51. The van der Waals surface area contributed by atoms with E-state index < -0.39 is 26.9 Å². The van der Waals surface area contributed by atoms with Crippen molar-refractivity contribution in [3.63, 3.8) is 0 Å². The highest BCUT2D eigenvalue weighted by Gasteiger charge is 2.25. The van der Waals surface area contributed by atoms with Gasteiger partial charge in [0.2, 0.25) is 0 Å². The summed E-state index contributed by atoms with van der Waals surface area (Å²) in [6, 6.07) is 0. The zero-order valence-corrected chi connectivity index (χ0v) is 15.3. The quantitative estimate of drug-likeness (QED) is 0.339. The van der Waals surface area contributed by atoms with Crippen molar-refractivity contribution in [1.29, 1.82) is 0 Å². The van der Waals surface area contributed by atoms with Crippen LogP contribution in [0.1, 0.15) is 0 Å². The van der Waals surface area contributed by atoms with Gasteiger partial charge in [-0.1, -0.05) is 0 Å². The Kier molecular flexibility index (Phi) is 15.2. The molecule has 0 saturated heterocycles. The zero-order valence-electron chi connectivity index (χ0n) is 9.91. The monoisotopic (exact) mass is 412 g/mol. The topological polar surface area (TPSA) is 27.7 Å². The van der Waals surface area contributed by atoms with Gasteiger partial charge in [-0.3, -0.25) is 0 Å². The third-order valence-corrected chi connectivity index (χ3v) is 5.21. The lowest BCUT2D eigenvalue weighted by molar-refractivity contribution is 0.0995. The van der Waals surface area contributed by atoms with Crippen molar-refractivity contribution >= 4 is 78.2 Å². The van der Waals surface area contributed by atoms with Gasteiger partial charge in [-0.05, 0) is 0 Å². The van der Waals surface area contributed by atoms with Crippen molar-refractivity contribution in [2.45, 2.75) is 18.3 Å². The van der Waals surface area contributed by atoms with E-state index >= 15 is 0 Å². The molecule has 0 aliphatic carbocycles. The molecule has 0 aromatic carbocycles. The Morgan fingerprint density at radius 2 is 0.737 bits per heavy atom.